The summed E-state index contributed by atoms with van der Waals surface area (Å²) in [5, 5.41) is 0. The Morgan fingerprint density at radius 3 is 2.70 bits per heavy atom. The maximum atomic E-state index is 12.4. The normalized spacial score (nSPS) is 25.9. The Morgan fingerprint density at radius 2 is 2.00 bits per heavy atom. The van der Waals surface area contributed by atoms with Crippen molar-refractivity contribution < 1.29 is 9.53 Å². The smallest absolute Gasteiger partial charge is 0.251 e. The van der Waals surface area contributed by atoms with E-state index in [2.05, 4.69) is 11.8 Å². The van der Waals surface area contributed by atoms with Crippen LogP contribution < -0.4 is 0 Å². The highest BCUT2D eigenvalue weighted by molar-refractivity contribution is 5.80. The standard InChI is InChI=1S/C16H30N2O2/c1-3-4-12-20-14(2)16(19)18-11-7-8-15(13-18)17-9-5-6-10-17/h14-15H,3-13H2,1-2H3. The van der Waals surface area contributed by atoms with Gasteiger partial charge in [0.2, 0.25) is 0 Å². The molecule has 0 aliphatic carbocycles. The van der Waals surface area contributed by atoms with Gasteiger partial charge in [-0.15, -0.1) is 0 Å². The maximum Gasteiger partial charge on any atom is 0.251 e. The van der Waals surface area contributed by atoms with Crippen LogP contribution in [0.3, 0.4) is 0 Å². The minimum absolute atomic E-state index is 0.185. The Morgan fingerprint density at radius 1 is 1.25 bits per heavy atom. The molecule has 20 heavy (non-hydrogen) atoms. The Balaban J connectivity index is 1.79. The molecule has 4 heteroatoms. The zero-order chi connectivity index (χ0) is 14.4. The van der Waals surface area contributed by atoms with Crippen LogP contribution >= 0.6 is 0 Å². The van der Waals surface area contributed by atoms with Crippen LogP contribution in [0.4, 0.5) is 0 Å². The lowest BCUT2D eigenvalue weighted by Gasteiger charge is -2.38. The number of unbranched alkanes of at least 4 members (excludes halogenated alkanes) is 1. The van der Waals surface area contributed by atoms with Gasteiger partial charge in [0.15, 0.2) is 0 Å². The van der Waals surface area contributed by atoms with Crippen molar-refractivity contribution in [2.24, 2.45) is 0 Å². The van der Waals surface area contributed by atoms with E-state index in [1.165, 1.54) is 32.4 Å². The topological polar surface area (TPSA) is 32.8 Å². The first-order valence-corrected chi connectivity index (χ1v) is 8.36. The second-order valence-corrected chi connectivity index (χ2v) is 6.19. The summed E-state index contributed by atoms with van der Waals surface area (Å²) >= 11 is 0. The molecular weight excluding hydrogens is 252 g/mol. The van der Waals surface area contributed by atoms with Crippen molar-refractivity contribution in [2.45, 2.75) is 64.5 Å². The lowest BCUT2D eigenvalue weighted by Crippen LogP contribution is -2.51. The highest BCUT2D eigenvalue weighted by Crippen LogP contribution is 2.21. The monoisotopic (exact) mass is 282 g/mol. The van der Waals surface area contributed by atoms with E-state index in [4.69, 9.17) is 4.74 Å². The van der Waals surface area contributed by atoms with Crippen molar-refractivity contribution in [3.63, 3.8) is 0 Å². The fourth-order valence-corrected chi connectivity index (χ4v) is 3.29. The molecule has 2 heterocycles. The van der Waals surface area contributed by atoms with Gasteiger partial charge in [-0.25, -0.2) is 0 Å². The van der Waals surface area contributed by atoms with Gasteiger partial charge in [0.05, 0.1) is 0 Å². The molecule has 116 valence electrons. The molecule has 1 amide bonds. The van der Waals surface area contributed by atoms with Crippen LogP contribution in [0.1, 0.15) is 52.4 Å². The van der Waals surface area contributed by atoms with E-state index in [1.54, 1.807) is 0 Å². The van der Waals surface area contributed by atoms with Crippen LogP contribution in [-0.4, -0.2) is 60.6 Å². The largest absolute Gasteiger partial charge is 0.369 e. The average Bonchev–Trinajstić information content (AvgIpc) is 3.01. The van der Waals surface area contributed by atoms with E-state index in [0.717, 1.165) is 32.4 Å². The quantitative estimate of drug-likeness (QED) is 0.701. The van der Waals surface area contributed by atoms with Gasteiger partial charge in [-0.05, 0) is 52.1 Å². The highest BCUT2D eigenvalue weighted by atomic mass is 16.5. The Bertz CT molecular complexity index is 303. The molecule has 2 saturated heterocycles. The van der Waals surface area contributed by atoms with Crippen molar-refractivity contribution in [3.05, 3.63) is 0 Å². The molecule has 2 rings (SSSR count). The summed E-state index contributed by atoms with van der Waals surface area (Å²) in [6, 6.07) is 0.582. The van der Waals surface area contributed by atoms with Crippen molar-refractivity contribution in [1.82, 2.24) is 9.80 Å². The highest BCUT2D eigenvalue weighted by Gasteiger charge is 2.31. The van der Waals surface area contributed by atoms with Gasteiger partial charge in [0, 0.05) is 25.7 Å². The van der Waals surface area contributed by atoms with Gasteiger partial charge in [0.25, 0.3) is 5.91 Å². The summed E-state index contributed by atoms with van der Waals surface area (Å²) in [7, 11) is 0. The fraction of sp³-hybridized carbons (Fsp3) is 0.938. The van der Waals surface area contributed by atoms with Gasteiger partial charge in [-0.3, -0.25) is 9.69 Å². The van der Waals surface area contributed by atoms with Crippen LogP contribution in [0.2, 0.25) is 0 Å². The number of rotatable bonds is 6. The van der Waals surface area contributed by atoms with Crippen LogP contribution in [0.5, 0.6) is 0 Å². The predicted molar refractivity (Wildman–Crippen MR) is 80.7 cm³/mol. The molecule has 0 N–H and O–H groups in total. The van der Waals surface area contributed by atoms with Crippen LogP contribution in [-0.2, 0) is 9.53 Å². The number of hydrogen-bond acceptors (Lipinski definition) is 3. The van der Waals surface area contributed by atoms with Crippen LogP contribution in [0.25, 0.3) is 0 Å². The summed E-state index contributed by atoms with van der Waals surface area (Å²) in [4.78, 5) is 17.0. The number of carbonyl (C=O) groups is 1. The molecule has 0 radical (unpaired) electrons. The number of amides is 1. The SMILES string of the molecule is CCCCOC(C)C(=O)N1CCCC(N2CCCC2)C1. The second-order valence-electron chi connectivity index (χ2n) is 6.19. The second kappa shape index (κ2) is 7.99. The van der Waals surface area contributed by atoms with E-state index in [9.17, 15) is 4.79 Å². The van der Waals surface area contributed by atoms with Crippen molar-refractivity contribution in [2.75, 3.05) is 32.8 Å². The first-order valence-electron chi connectivity index (χ1n) is 8.36. The van der Waals surface area contributed by atoms with Gasteiger partial charge in [-0.1, -0.05) is 13.3 Å². The molecule has 0 aromatic carbocycles. The molecule has 2 fully saturated rings. The number of piperidine rings is 1. The Hall–Kier alpha value is -0.610. The fourth-order valence-electron chi connectivity index (χ4n) is 3.29. The van der Waals surface area contributed by atoms with Crippen LogP contribution in [0, 0.1) is 0 Å². The molecule has 2 aliphatic heterocycles. The van der Waals surface area contributed by atoms with Crippen molar-refractivity contribution in [1.29, 1.82) is 0 Å². The molecule has 0 spiro atoms. The van der Waals surface area contributed by atoms with Gasteiger partial charge >= 0.3 is 0 Å². The molecule has 4 nitrogen and oxygen atoms in total. The van der Waals surface area contributed by atoms with Gasteiger partial charge in [-0.2, -0.15) is 0 Å². The molecule has 0 aromatic rings. The first kappa shape index (κ1) is 15.8. The molecule has 2 aliphatic rings. The lowest BCUT2D eigenvalue weighted by molar-refractivity contribution is -0.144. The van der Waals surface area contributed by atoms with Crippen molar-refractivity contribution >= 4 is 5.91 Å². The first-order chi connectivity index (χ1) is 9.72. The number of likely N-dealkylation sites (tertiary alicyclic amines) is 2. The number of nitrogens with zero attached hydrogens (tertiary/aromatic N) is 2. The van der Waals surface area contributed by atoms with Crippen molar-refractivity contribution in [3.8, 4) is 0 Å². The molecule has 0 saturated carbocycles. The summed E-state index contributed by atoms with van der Waals surface area (Å²) in [5.41, 5.74) is 0. The molecular formula is C16H30N2O2. The number of ether oxygens (including phenoxy) is 1. The zero-order valence-electron chi connectivity index (χ0n) is 13.1. The van der Waals surface area contributed by atoms with Gasteiger partial charge < -0.3 is 9.64 Å². The third-order valence-electron chi connectivity index (χ3n) is 4.58. The molecule has 0 bridgehead atoms. The lowest BCUT2D eigenvalue weighted by atomic mass is 10.0. The minimum atomic E-state index is -0.279. The Kier molecular flexibility index (Phi) is 6.30. The molecule has 2 unspecified atom stereocenters. The third-order valence-corrected chi connectivity index (χ3v) is 4.58. The van der Waals surface area contributed by atoms with E-state index in [0.29, 0.717) is 12.6 Å². The Labute approximate surface area is 123 Å². The molecule has 2 atom stereocenters. The maximum absolute atomic E-state index is 12.4. The van der Waals surface area contributed by atoms with E-state index < -0.39 is 0 Å². The number of carbonyl (C=O) groups excluding carboxylic acids is 1. The summed E-state index contributed by atoms with van der Waals surface area (Å²) in [6.45, 7) is 8.99. The summed E-state index contributed by atoms with van der Waals surface area (Å²) in [5.74, 6) is 0.185. The molecule has 0 aromatic heterocycles. The predicted octanol–water partition coefficient (Wildman–Crippen LogP) is 2.28. The summed E-state index contributed by atoms with van der Waals surface area (Å²) < 4.78 is 5.65. The van der Waals surface area contributed by atoms with E-state index in [1.807, 2.05) is 11.8 Å². The van der Waals surface area contributed by atoms with E-state index >= 15 is 0 Å². The average molecular weight is 282 g/mol. The summed E-state index contributed by atoms with van der Waals surface area (Å²) in [6.07, 6.45) is 6.89. The number of hydrogen-bond donors (Lipinski definition) is 0. The van der Waals surface area contributed by atoms with E-state index in [-0.39, 0.29) is 12.0 Å². The van der Waals surface area contributed by atoms with Gasteiger partial charge in [0.1, 0.15) is 6.10 Å². The third kappa shape index (κ3) is 4.19. The zero-order valence-corrected chi connectivity index (χ0v) is 13.1. The van der Waals surface area contributed by atoms with Crippen LogP contribution in [0.15, 0.2) is 0 Å². The minimum Gasteiger partial charge on any atom is -0.369 e.